The molecule has 0 aliphatic rings. The maximum absolute atomic E-state index is 9.19. The molecule has 0 aliphatic heterocycles. The van der Waals surface area contributed by atoms with Gasteiger partial charge in [0.05, 0.1) is 24.0 Å². The van der Waals surface area contributed by atoms with Crippen LogP contribution in [0.15, 0.2) is 33.7 Å². The number of rotatable bonds is 4. The first-order valence-corrected chi connectivity index (χ1v) is 6.69. The summed E-state index contributed by atoms with van der Waals surface area (Å²) >= 11 is 1.56. The van der Waals surface area contributed by atoms with E-state index < -0.39 is 0 Å². The normalized spacial score (nSPS) is 10.1. The van der Waals surface area contributed by atoms with E-state index in [1.54, 1.807) is 18.0 Å². The second kappa shape index (κ2) is 5.61. The molecule has 2 aromatic rings. The van der Waals surface area contributed by atoms with Crippen molar-refractivity contribution in [2.45, 2.75) is 18.4 Å². The van der Waals surface area contributed by atoms with E-state index in [0.717, 1.165) is 16.3 Å². The van der Waals surface area contributed by atoms with E-state index in [1.165, 1.54) is 0 Å². The van der Waals surface area contributed by atoms with Gasteiger partial charge in [0.15, 0.2) is 0 Å². The molecule has 4 nitrogen and oxygen atoms in total. The summed E-state index contributed by atoms with van der Waals surface area (Å²) in [7, 11) is 0. The molecule has 2 rings (SSSR count). The predicted molar refractivity (Wildman–Crippen MR) is 71.5 cm³/mol. The molecule has 0 spiro atoms. The molecule has 0 saturated carbocycles. The quantitative estimate of drug-likeness (QED) is 0.854. The molecule has 1 N–H and O–H groups in total. The monoisotopic (exact) mass is 259 g/mol. The smallest absolute Gasteiger partial charge is 0.213 e. The van der Waals surface area contributed by atoms with Gasteiger partial charge in [0.25, 0.3) is 0 Å². The number of nitrogens with one attached hydrogen (secondary N) is 1. The van der Waals surface area contributed by atoms with Crippen LogP contribution in [0.25, 0.3) is 0 Å². The second-order valence-corrected chi connectivity index (χ2v) is 4.56. The summed E-state index contributed by atoms with van der Waals surface area (Å²) in [6.07, 6.45) is 3.64. The molecule has 5 heteroatoms. The maximum Gasteiger partial charge on any atom is 0.213 e. The summed E-state index contributed by atoms with van der Waals surface area (Å²) in [5.74, 6) is 1.40. The average molecular weight is 259 g/mol. The van der Waals surface area contributed by atoms with Gasteiger partial charge in [0, 0.05) is 4.90 Å². The molecule has 0 amide bonds. The molecule has 0 fully saturated rings. The highest BCUT2D eigenvalue weighted by molar-refractivity contribution is 7.98. The predicted octanol–water partition coefficient (Wildman–Crippen LogP) is 3.19. The van der Waals surface area contributed by atoms with Gasteiger partial charge in [0.2, 0.25) is 5.89 Å². The number of oxazole rings is 1. The number of hydrogen-bond donors (Lipinski definition) is 1. The van der Waals surface area contributed by atoms with E-state index in [0.29, 0.717) is 18.0 Å². The minimum atomic E-state index is 0.473. The molecule has 18 heavy (non-hydrogen) atoms. The number of anilines is 1. The maximum atomic E-state index is 9.19. The lowest BCUT2D eigenvalue weighted by Gasteiger charge is -2.08. The van der Waals surface area contributed by atoms with Gasteiger partial charge in [-0.1, -0.05) is 6.07 Å². The minimum Gasteiger partial charge on any atom is -0.444 e. The second-order valence-electron chi connectivity index (χ2n) is 3.71. The van der Waals surface area contributed by atoms with Gasteiger partial charge in [-0.2, -0.15) is 5.26 Å². The third-order valence-electron chi connectivity index (χ3n) is 2.46. The van der Waals surface area contributed by atoms with Crippen molar-refractivity contribution < 1.29 is 4.42 Å². The Morgan fingerprint density at radius 1 is 1.50 bits per heavy atom. The Kier molecular flexibility index (Phi) is 3.90. The van der Waals surface area contributed by atoms with Crippen molar-refractivity contribution in [3.05, 3.63) is 41.6 Å². The first-order chi connectivity index (χ1) is 8.74. The summed E-state index contributed by atoms with van der Waals surface area (Å²) in [5, 5.41) is 12.4. The van der Waals surface area contributed by atoms with Crippen LogP contribution in [0.2, 0.25) is 0 Å². The lowest BCUT2D eigenvalue weighted by Crippen LogP contribution is -2.02. The number of benzene rings is 1. The van der Waals surface area contributed by atoms with Crippen LogP contribution in [0.5, 0.6) is 0 Å². The number of nitriles is 1. The Labute approximate surface area is 110 Å². The van der Waals surface area contributed by atoms with Crippen molar-refractivity contribution in [3.8, 4) is 6.07 Å². The van der Waals surface area contributed by atoms with Crippen LogP contribution in [-0.2, 0) is 6.54 Å². The molecule has 1 aromatic heterocycles. The summed E-state index contributed by atoms with van der Waals surface area (Å²) in [6, 6.07) is 7.97. The van der Waals surface area contributed by atoms with Crippen molar-refractivity contribution in [1.29, 1.82) is 5.26 Å². The van der Waals surface area contributed by atoms with Crippen LogP contribution in [0, 0.1) is 18.3 Å². The summed E-state index contributed by atoms with van der Waals surface area (Å²) < 4.78 is 5.37. The summed E-state index contributed by atoms with van der Waals surface area (Å²) in [5.41, 5.74) is 1.47. The Balaban J connectivity index is 2.17. The van der Waals surface area contributed by atoms with Crippen molar-refractivity contribution in [2.75, 3.05) is 11.6 Å². The zero-order valence-corrected chi connectivity index (χ0v) is 11.0. The van der Waals surface area contributed by atoms with Gasteiger partial charge in [-0.15, -0.1) is 11.8 Å². The topological polar surface area (TPSA) is 61.9 Å². The van der Waals surface area contributed by atoms with E-state index in [2.05, 4.69) is 16.4 Å². The number of nitrogens with zero attached hydrogens (tertiary/aromatic N) is 2. The van der Waals surface area contributed by atoms with Gasteiger partial charge < -0.3 is 9.73 Å². The molecule has 0 atom stereocenters. The van der Waals surface area contributed by atoms with Gasteiger partial charge in [-0.3, -0.25) is 0 Å². The molecular weight excluding hydrogens is 246 g/mol. The third-order valence-corrected chi connectivity index (χ3v) is 3.24. The lowest BCUT2D eigenvalue weighted by atomic mass is 10.2. The number of aryl methyl sites for hydroxylation is 1. The number of aromatic nitrogens is 1. The largest absolute Gasteiger partial charge is 0.444 e. The van der Waals surface area contributed by atoms with Crippen LogP contribution in [-0.4, -0.2) is 11.2 Å². The summed E-state index contributed by atoms with van der Waals surface area (Å²) in [6.45, 7) is 2.33. The zero-order chi connectivity index (χ0) is 13.0. The highest BCUT2D eigenvalue weighted by Crippen LogP contribution is 2.26. The van der Waals surface area contributed by atoms with E-state index in [9.17, 15) is 5.26 Å². The molecule has 92 valence electrons. The molecular formula is C13H13N3OS. The Morgan fingerprint density at radius 3 is 2.94 bits per heavy atom. The fourth-order valence-corrected chi connectivity index (χ4v) is 2.19. The number of thioether (sulfide) groups is 1. The molecule has 0 bridgehead atoms. The van der Waals surface area contributed by atoms with E-state index >= 15 is 0 Å². The van der Waals surface area contributed by atoms with Crippen LogP contribution < -0.4 is 5.32 Å². The van der Waals surface area contributed by atoms with Crippen LogP contribution in [0.1, 0.15) is 17.2 Å². The molecule has 1 heterocycles. The third kappa shape index (κ3) is 2.66. The zero-order valence-electron chi connectivity index (χ0n) is 10.2. The summed E-state index contributed by atoms with van der Waals surface area (Å²) in [4.78, 5) is 5.08. The average Bonchev–Trinajstić information content (AvgIpc) is 2.81. The molecule has 0 radical (unpaired) electrons. The molecule has 0 saturated heterocycles. The highest BCUT2D eigenvalue weighted by atomic mass is 32.2. The lowest BCUT2D eigenvalue weighted by molar-refractivity contribution is 0.479. The van der Waals surface area contributed by atoms with E-state index in [-0.39, 0.29) is 0 Å². The fraction of sp³-hybridized carbons (Fsp3) is 0.231. The minimum absolute atomic E-state index is 0.473. The van der Waals surface area contributed by atoms with Crippen LogP contribution >= 0.6 is 11.8 Å². The fourth-order valence-electron chi connectivity index (χ4n) is 1.62. The van der Waals surface area contributed by atoms with E-state index in [4.69, 9.17) is 4.42 Å². The highest BCUT2D eigenvalue weighted by Gasteiger charge is 2.08. The van der Waals surface area contributed by atoms with Crippen molar-refractivity contribution in [1.82, 2.24) is 4.98 Å². The molecule has 1 aromatic carbocycles. The Hall–Kier alpha value is -1.93. The molecule has 0 unspecified atom stereocenters. The van der Waals surface area contributed by atoms with Gasteiger partial charge in [-0.05, 0) is 25.3 Å². The van der Waals surface area contributed by atoms with Crippen LogP contribution in [0.4, 0.5) is 5.69 Å². The number of hydrogen-bond acceptors (Lipinski definition) is 5. The first kappa shape index (κ1) is 12.5. The van der Waals surface area contributed by atoms with Crippen molar-refractivity contribution in [2.24, 2.45) is 0 Å². The molecule has 0 aliphatic carbocycles. The van der Waals surface area contributed by atoms with Crippen molar-refractivity contribution in [3.63, 3.8) is 0 Å². The standard InChI is InChI=1S/C13H13N3OS/c1-9-7-16-13(17-9)8-15-11-4-3-5-12(18-2)10(11)6-14/h3-5,7,15H,8H2,1-2H3. The Morgan fingerprint density at radius 2 is 2.33 bits per heavy atom. The van der Waals surface area contributed by atoms with Crippen LogP contribution in [0.3, 0.4) is 0 Å². The van der Waals surface area contributed by atoms with Gasteiger partial charge in [0.1, 0.15) is 11.8 Å². The SMILES string of the molecule is CSc1cccc(NCc2ncc(C)o2)c1C#N. The first-order valence-electron chi connectivity index (χ1n) is 5.47. The Bertz CT molecular complexity index is 586. The van der Waals surface area contributed by atoms with Crippen molar-refractivity contribution >= 4 is 17.4 Å². The van der Waals surface area contributed by atoms with Gasteiger partial charge >= 0.3 is 0 Å². The van der Waals surface area contributed by atoms with E-state index in [1.807, 2.05) is 31.4 Å². The van der Waals surface area contributed by atoms with Gasteiger partial charge in [-0.25, -0.2) is 4.98 Å².